The molecule has 1 N–H and O–H groups in total. The van der Waals surface area contributed by atoms with Gasteiger partial charge in [0.25, 0.3) is 0 Å². The first kappa shape index (κ1) is 12.0. The number of rotatable bonds is 3. The molecule has 14 heavy (non-hydrogen) atoms. The van der Waals surface area contributed by atoms with Crippen LogP contribution in [0.3, 0.4) is 0 Å². The molecule has 0 aromatic heterocycles. The van der Waals surface area contributed by atoms with Gasteiger partial charge in [-0.3, -0.25) is 4.90 Å². The fourth-order valence-corrected chi connectivity index (χ4v) is 2.31. The van der Waals surface area contributed by atoms with Crippen LogP contribution < -0.4 is 5.32 Å². The standard InChI is InChI=1S/C12H26N2/c1-11(10-13-4)14-8-5-6-12(2,3)7-9-14/h11,13H,5-10H2,1-4H3. The van der Waals surface area contributed by atoms with Gasteiger partial charge in [0.15, 0.2) is 0 Å². The van der Waals surface area contributed by atoms with E-state index in [2.05, 4.69) is 31.0 Å². The Kier molecular flexibility index (Phi) is 4.39. The van der Waals surface area contributed by atoms with Gasteiger partial charge in [0.05, 0.1) is 0 Å². The number of likely N-dealkylation sites (tertiary alicyclic amines) is 1. The second kappa shape index (κ2) is 5.13. The Morgan fingerprint density at radius 1 is 1.29 bits per heavy atom. The highest BCUT2D eigenvalue weighted by molar-refractivity contribution is 4.79. The maximum Gasteiger partial charge on any atom is 0.0192 e. The molecule has 0 radical (unpaired) electrons. The first-order valence-corrected chi connectivity index (χ1v) is 5.94. The summed E-state index contributed by atoms with van der Waals surface area (Å²) in [4.78, 5) is 2.63. The van der Waals surface area contributed by atoms with Crippen molar-refractivity contribution in [2.45, 2.75) is 46.1 Å². The quantitative estimate of drug-likeness (QED) is 0.747. The zero-order valence-electron chi connectivity index (χ0n) is 10.3. The van der Waals surface area contributed by atoms with Crippen molar-refractivity contribution < 1.29 is 0 Å². The lowest BCUT2D eigenvalue weighted by molar-refractivity contribution is 0.205. The predicted molar refractivity (Wildman–Crippen MR) is 62.6 cm³/mol. The third-order valence-electron chi connectivity index (χ3n) is 3.50. The maximum absolute atomic E-state index is 3.26. The van der Waals surface area contributed by atoms with Crippen LogP contribution in [0.15, 0.2) is 0 Å². The van der Waals surface area contributed by atoms with Crippen molar-refractivity contribution in [1.82, 2.24) is 10.2 Å². The Bertz CT molecular complexity index is 166. The van der Waals surface area contributed by atoms with E-state index >= 15 is 0 Å². The van der Waals surface area contributed by atoms with Crippen LogP contribution >= 0.6 is 0 Å². The van der Waals surface area contributed by atoms with Crippen LogP contribution in [-0.4, -0.2) is 37.6 Å². The lowest BCUT2D eigenvalue weighted by atomic mass is 9.85. The van der Waals surface area contributed by atoms with Crippen LogP contribution in [-0.2, 0) is 0 Å². The topological polar surface area (TPSA) is 15.3 Å². The summed E-state index contributed by atoms with van der Waals surface area (Å²) in [5.41, 5.74) is 0.564. The summed E-state index contributed by atoms with van der Waals surface area (Å²) in [5.74, 6) is 0. The van der Waals surface area contributed by atoms with Gasteiger partial charge in [-0.2, -0.15) is 0 Å². The molecule has 2 nitrogen and oxygen atoms in total. The van der Waals surface area contributed by atoms with Crippen molar-refractivity contribution in [3.8, 4) is 0 Å². The highest BCUT2D eigenvalue weighted by atomic mass is 15.2. The summed E-state index contributed by atoms with van der Waals surface area (Å²) in [7, 11) is 2.04. The molecule has 1 rings (SSSR count). The summed E-state index contributed by atoms with van der Waals surface area (Å²) in [6, 6.07) is 0.689. The summed E-state index contributed by atoms with van der Waals surface area (Å²) < 4.78 is 0. The first-order chi connectivity index (χ1) is 6.55. The fourth-order valence-electron chi connectivity index (χ4n) is 2.31. The van der Waals surface area contributed by atoms with Crippen molar-refractivity contribution in [2.75, 3.05) is 26.7 Å². The molecule has 1 aliphatic rings. The SMILES string of the molecule is CNCC(C)N1CCCC(C)(C)CC1. The summed E-state index contributed by atoms with van der Waals surface area (Å²) in [6.45, 7) is 10.8. The van der Waals surface area contributed by atoms with Crippen LogP contribution in [0.4, 0.5) is 0 Å². The number of hydrogen-bond donors (Lipinski definition) is 1. The Balaban J connectivity index is 2.41. The van der Waals surface area contributed by atoms with Crippen LogP contribution in [0.1, 0.15) is 40.0 Å². The average Bonchev–Trinajstić information content (AvgIpc) is 2.27. The molecule has 1 unspecified atom stereocenters. The Morgan fingerprint density at radius 3 is 2.64 bits per heavy atom. The Labute approximate surface area is 89.1 Å². The van der Waals surface area contributed by atoms with Crippen molar-refractivity contribution in [3.63, 3.8) is 0 Å². The molecular weight excluding hydrogens is 172 g/mol. The molecule has 0 saturated carbocycles. The average molecular weight is 198 g/mol. The molecule has 1 fully saturated rings. The third kappa shape index (κ3) is 3.58. The highest BCUT2D eigenvalue weighted by Gasteiger charge is 2.24. The molecule has 0 amide bonds. The van der Waals surface area contributed by atoms with Gasteiger partial charge in [0.1, 0.15) is 0 Å². The molecule has 0 aliphatic carbocycles. The molecule has 1 aliphatic heterocycles. The smallest absolute Gasteiger partial charge is 0.0192 e. The molecule has 0 bridgehead atoms. The predicted octanol–water partition coefficient (Wildman–Crippen LogP) is 2.11. The van der Waals surface area contributed by atoms with Gasteiger partial charge in [0.2, 0.25) is 0 Å². The second-order valence-corrected chi connectivity index (χ2v) is 5.46. The van der Waals surface area contributed by atoms with Gasteiger partial charge >= 0.3 is 0 Å². The minimum absolute atomic E-state index is 0.564. The molecule has 1 atom stereocenters. The number of nitrogens with one attached hydrogen (secondary N) is 1. The lowest BCUT2D eigenvalue weighted by Gasteiger charge is -2.28. The zero-order chi connectivity index (χ0) is 10.6. The van der Waals surface area contributed by atoms with E-state index in [0.29, 0.717) is 11.5 Å². The van der Waals surface area contributed by atoms with E-state index in [1.165, 1.54) is 32.4 Å². The summed E-state index contributed by atoms with van der Waals surface area (Å²) >= 11 is 0. The minimum Gasteiger partial charge on any atom is -0.318 e. The van der Waals surface area contributed by atoms with Gasteiger partial charge in [-0.1, -0.05) is 13.8 Å². The van der Waals surface area contributed by atoms with E-state index in [1.54, 1.807) is 0 Å². The van der Waals surface area contributed by atoms with Gasteiger partial charge in [0, 0.05) is 12.6 Å². The molecule has 84 valence electrons. The molecular formula is C12H26N2. The molecule has 2 heteroatoms. The van der Waals surface area contributed by atoms with Gasteiger partial charge < -0.3 is 5.32 Å². The second-order valence-electron chi connectivity index (χ2n) is 5.46. The van der Waals surface area contributed by atoms with E-state index < -0.39 is 0 Å². The maximum atomic E-state index is 3.26. The third-order valence-corrected chi connectivity index (χ3v) is 3.50. The van der Waals surface area contributed by atoms with Crippen LogP contribution in [0.5, 0.6) is 0 Å². The summed E-state index contributed by atoms with van der Waals surface area (Å²) in [6.07, 6.45) is 4.10. The highest BCUT2D eigenvalue weighted by Crippen LogP contribution is 2.30. The molecule has 1 heterocycles. The van der Waals surface area contributed by atoms with E-state index in [4.69, 9.17) is 0 Å². The first-order valence-electron chi connectivity index (χ1n) is 5.94. The molecule has 0 aromatic rings. The zero-order valence-corrected chi connectivity index (χ0v) is 10.3. The van der Waals surface area contributed by atoms with Crippen molar-refractivity contribution in [1.29, 1.82) is 0 Å². The van der Waals surface area contributed by atoms with Crippen molar-refractivity contribution >= 4 is 0 Å². The summed E-state index contributed by atoms with van der Waals surface area (Å²) in [5, 5.41) is 3.26. The lowest BCUT2D eigenvalue weighted by Crippen LogP contribution is -2.40. The molecule has 0 spiro atoms. The van der Waals surface area contributed by atoms with Gasteiger partial charge in [-0.25, -0.2) is 0 Å². The minimum atomic E-state index is 0.564. The Morgan fingerprint density at radius 2 is 2.00 bits per heavy atom. The van der Waals surface area contributed by atoms with E-state index in [1.807, 2.05) is 7.05 Å². The van der Waals surface area contributed by atoms with Crippen molar-refractivity contribution in [3.05, 3.63) is 0 Å². The van der Waals surface area contributed by atoms with E-state index in [9.17, 15) is 0 Å². The monoisotopic (exact) mass is 198 g/mol. The number of hydrogen-bond acceptors (Lipinski definition) is 2. The largest absolute Gasteiger partial charge is 0.318 e. The number of likely N-dealkylation sites (N-methyl/N-ethyl adjacent to an activating group) is 1. The normalized spacial score (nSPS) is 25.7. The fraction of sp³-hybridized carbons (Fsp3) is 1.00. The van der Waals surface area contributed by atoms with Crippen LogP contribution in [0.25, 0.3) is 0 Å². The Hall–Kier alpha value is -0.0800. The van der Waals surface area contributed by atoms with Crippen LogP contribution in [0, 0.1) is 5.41 Å². The van der Waals surface area contributed by atoms with E-state index in [0.717, 1.165) is 6.54 Å². The van der Waals surface area contributed by atoms with Gasteiger partial charge in [-0.15, -0.1) is 0 Å². The van der Waals surface area contributed by atoms with Crippen LogP contribution in [0.2, 0.25) is 0 Å². The molecule has 1 saturated heterocycles. The van der Waals surface area contributed by atoms with E-state index in [-0.39, 0.29) is 0 Å². The van der Waals surface area contributed by atoms with Gasteiger partial charge in [-0.05, 0) is 51.7 Å². The number of nitrogens with zero attached hydrogens (tertiary/aromatic N) is 1. The van der Waals surface area contributed by atoms with Crippen molar-refractivity contribution in [2.24, 2.45) is 5.41 Å². The molecule has 0 aromatic carbocycles.